The van der Waals surface area contributed by atoms with Crippen LogP contribution in [0, 0.1) is 6.92 Å². The van der Waals surface area contributed by atoms with E-state index in [-0.39, 0.29) is 16.9 Å². The van der Waals surface area contributed by atoms with Crippen molar-refractivity contribution in [3.8, 4) is 5.75 Å². The van der Waals surface area contributed by atoms with Gasteiger partial charge in [-0.3, -0.25) is 9.78 Å². The van der Waals surface area contributed by atoms with E-state index in [1.54, 1.807) is 13.0 Å². The first-order chi connectivity index (χ1) is 10.3. The first-order valence-electron chi connectivity index (χ1n) is 6.34. The van der Waals surface area contributed by atoms with Crippen molar-refractivity contribution in [2.24, 2.45) is 0 Å². The largest absolute Gasteiger partial charge is 0.507 e. The van der Waals surface area contributed by atoms with Crippen molar-refractivity contribution < 1.29 is 24.9 Å². The van der Waals surface area contributed by atoms with Crippen LogP contribution < -0.4 is 5.32 Å². The number of carboxylic acid groups (broad SMARTS) is 1. The third kappa shape index (κ3) is 2.89. The summed E-state index contributed by atoms with van der Waals surface area (Å²) in [4.78, 5) is 27.4. The monoisotopic (exact) mass is 302 g/mol. The summed E-state index contributed by atoms with van der Waals surface area (Å²) in [5, 5.41) is 31.3. The first kappa shape index (κ1) is 15.5. The van der Waals surface area contributed by atoms with Crippen molar-refractivity contribution in [2.45, 2.75) is 12.6 Å². The van der Waals surface area contributed by atoms with Crippen LogP contribution in [0.25, 0.3) is 0 Å². The summed E-state index contributed by atoms with van der Waals surface area (Å²) in [6, 6.07) is 8.68. The van der Waals surface area contributed by atoms with Gasteiger partial charge < -0.3 is 20.6 Å². The van der Waals surface area contributed by atoms with Crippen molar-refractivity contribution in [1.82, 2.24) is 10.3 Å². The zero-order valence-corrected chi connectivity index (χ0v) is 11.6. The van der Waals surface area contributed by atoms with Crippen LogP contribution in [-0.2, 0) is 10.5 Å². The summed E-state index contributed by atoms with van der Waals surface area (Å²) in [5.41, 5.74) is -2.38. The van der Waals surface area contributed by atoms with E-state index in [4.69, 9.17) is 0 Å². The lowest BCUT2D eigenvalue weighted by molar-refractivity contribution is -0.162. The summed E-state index contributed by atoms with van der Waals surface area (Å²) < 4.78 is 0. The van der Waals surface area contributed by atoms with Crippen molar-refractivity contribution >= 4 is 11.9 Å². The Morgan fingerprint density at radius 2 is 1.86 bits per heavy atom. The van der Waals surface area contributed by atoms with Gasteiger partial charge in [-0.1, -0.05) is 30.3 Å². The number of hydrogen-bond donors (Lipinski definition) is 4. The predicted molar refractivity (Wildman–Crippen MR) is 76.1 cm³/mol. The van der Waals surface area contributed by atoms with Gasteiger partial charge in [0.1, 0.15) is 5.75 Å². The van der Waals surface area contributed by atoms with E-state index in [9.17, 15) is 24.9 Å². The van der Waals surface area contributed by atoms with E-state index in [0.29, 0.717) is 5.69 Å². The number of aryl methyl sites for hydroxylation is 1. The highest BCUT2D eigenvalue weighted by Gasteiger charge is 2.40. The molecule has 0 bridgehead atoms. The number of aromatic hydroxyl groups is 1. The second kappa shape index (κ2) is 5.82. The van der Waals surface area contributed by atoms with Gasteiger partial charge in [0.15, 0.2) is 0 Å². The number of carboxylic acids is 1. The highest BCUT2D eigenvalue weighted by molar-refractivity contribution is 5.99. The Labute approximate surface area is 125 Å². The number of pyridine rings is 1. The van der Waals surface area contributed by atoms with Crippen LogP contribution in [0.2, 0.25) is 0 Å². The zero-order chi connectivity index (χ0) is 16.3. The topological polar surface area (TPSA) is 120 Å². The minimum Gasteiger partial charge on any atom is -0.507 e. The number of nitrogens with zero attached hydrogens (tertiary/aromatic N) is 1. The van der Waals surface area contributed by atoms with Crippen LogP contribution in [0.5, 0.6) is 5.75 Å². The number of nitrogens with one attached hydrogen (secondary N) is 1. The normalized spacial score (nSPS) is 13.2. The highest BCUT2D eigenvalue weighted by atomic mass is 16.4. The van der Waals surface area contributed by atoms with Crippen LogP contribution in [0.1, 0.15) is 21.6 Å². The third-order valence-corrected chi connectivity index (χ3v) is 3.06. The minimum absolute atomic E-state index is 0.0181. The van der Waals surface area contributed by atoms with E-state index in [2.05, 4.69) is 4.98 Å². The molecule has 114 valence electrons. The molecule has 1 aromatic carbocycles. The molecule has 0 radical (unpaired) electrons. The Hall–Kier alpha value is -2.93. The molecule has 0 aliphatic heterocycles. The predicted octanol–water partition coefficient (Wildman–Crippen LogP) is 0.755. The SMILES string of the molecule is Cc1cc(O)c(C(=O)N[C@](O)(C(=O)O)c2ccccc2)cn1. The molecule has 1 heterocycles. The van der Waals surface area contributed by atoms with Crippen molar-refractivity contribution in [3.63, 3.8) is 0 Å². The van der Waals surface area contributed by atoms with Gasteiger partial charge in [-0.05, 0) is 6.92 Å². The zero-order valence-electron chi connectivity index (χ0n) is 11.6. The van der Waals surface area contributed by atoms with E-state index in [1.807, 2.05) is 5.32 Å². The molecule has 0 spiro atoms. The second-order valence-electron chi connectivity index (χ2n) is 4.68. The molecule has 0 fully saturated rings. The summed E-state index contributed by atoms with van der Waals surface area (Å²) in [6.45, 7) is 1.62. The average Bonchev–Trinajstić information content (AvgIpc) is 2.47. The summed E-state index contributed by atoms with van der Waals surface area (Å²) in [7, 11) is 0. The van der Waals surface area contributed by atoms with Gasteiger partial charge in [-0.15, -0.1) is 0 Å². The maximum Gasteiger partial charge on any atom is 0.362 e. The standard InChI is InChI=1S/C15H14N2O5/c1-9-7-12(18)11(8-16-9)13(19)17-15(22,14(20)21)10-5-3-2-4-6-10/h2-8,22H,1H3,(H,16,18)(H,17,19)(H,20,21)/t15-/m1/s1. The molecule has 22 heavy (non-hydrogen) atoms. The number of amides is 1. The van der Waals surface area contributed by atoms with Gasteiger partial charge in [-0.25, -0.2) is 4.79 Å². The lowest BCUT2D eigenvalue weighted by Gasteiger charge is -2.25. The van der Waals surface area contributed by atoms with E-state index < -0.39 is 17.6 Å². The Kier molecular flexibility index (Phi) is 4.09. The number of carbonyl (C=O) groups excluding carboxylic acids is 1. The van der Waals surface area contributed by atoms with Crippen LogP contribution in [0.15, 0.2) is 42.6 Å². The number of aliphatic carboxylic acids is 1. The molecule has 2 aromatic rings. The molecule has 0 aliphatic rings. The molecule has 7 heteroatoms. The average molecular weight is 302 g/mol. The van der Waals surface area contributed by atoms with Crippen molar-refractivity contribution in [1.29, 1.82) is 0 Å². The van der Waals surface area contributed by atoms with Crippen molar-refractivity contribution in [3.05, 3.63) is 59.4 Å². The Morgan fingerprint density at radius 1 is 1.23 bits per heavy atom. The fourth-order valence-electron chi connectivity index (χ4n) is 1.88. The molecule has 2 rings (SSSR count). The Bertz CT molecular complexity index is 717. The maximum absolute atomic E-state index is 12.1. The first-order valence-corrected chi connectivity index (χ1v) is 6.34. The van der Waals surface area contributed by atoms with E-state index >= 15 is 0 Å². The van der Waals surface area contributed by atoms with Crippen LogP contribution in [0.4, 0.5) is 0 Å². The Balaban J connectivity index is 2.36. The fourth-order valence-corrected chi connectivity index (χ4v) is 1.88. The quantitative estimate of drug-likeness (QED) is 0.619. The second-order valence-corrected chi connectivity index (χ2v) is 4.68. The fraction of sp³-hybridized carbons (Fsp3) is 0.133. The molecule has 0 saturated carbocycles. The summed E-state index contributed by atoms with van der Waals surface area (Å²) >= 11 is 0. The molecule has 1 amide bonds. The van der Waals surface area contributed by atoms with Crippen LogP contribution in [-0.4, -0.2) is 32.2 Å². The number of hydrogen-bond acceptors (Lipinski definition) is 5. The molecule has 1 atom stereocenters. The van der Waals surface area contributed by atoms with E-state index in [1.165, 1.54) is 30.3 Å². The minimum atomic E-state index is -2.62. The molecule has 7 nitrogen and oxygen atoms in total. The van der Waals surface area contributed by atoms with Gasteiger partial charge in [0.2, 0.25) is 0 Å². The van der Waals surface area contributed by atoms with E-state index in [0.717, 1.165) is 6.20 Å². The number of aliphatic hydroxyl groups is 1. The summed E-state index contributed by atoms with van der Waals surface area (Å²) in [6.07, 6.45) is 1.10. The van der Waals surface area contributed by atoms with Crippen LogP contribution in [0.3, 0.4) is 0 Å². The molecule has 0 aliphatic carbocycles. The number of benzene rings is 1. The summed E-state index contributed by atoms with van der Waals surface area (Å²) in [5.74, 6) is -2.96. The van der Waals surface area contributed by atoms with Gasteiger partial charge >= 0.3 is 5.97 Å². The highest BCUT2D eigenvalue weighted by Crippen LogP contribution is 2.22. The molecular formula is C15H14N2O5. The molecule has 0 unspecified atom stereocenters. The molecule has 0 saturated heterocycles. The van der Waals surface area contributed by atoms with Gasteiger partial charge in [-0.2, -0.15) is 0 Å². The van der Waals surface area contributed by atoms with Crippen molar-refractivity contribution in [2.75, 3.05) is 0 Å². The maximum atomic E-state index is 12.1. The number of carbonyl (C=O) groups is 2. The lowest BCUT2D eigenvalue weighted by Crippen LogP contribution is -2.51. The Morgan fingerprint density at radius 3 is 2.41 bits per heavy atom. The smallest absolute Gasteiger partial charge is 0.362 e. The van der Waals surface area contributed by atoms with Crippen LogP contribution >= 0.6 is 0 Å². The van der Waals surface area contributed by atoms with Gasteiger partial charge in [0, 0.05) is 23.5 Å². The molecule has 4 N–H and O–H groups in total. The van der Waals surface area contributed by atoms with Gasteiger partial charge in [0.25, 0.3) is 11.6 Å². The van der Waals surface area contributed by atoms with Gasteiger partial charge in [0.05, 0.1) is 5.56 Å². The third-order valence-electron chi connectivity index (χ3n) is 3.06. The number of aromatic nitrogens is 1. The lowest BCUT2D eigenvalue weighted by atomic mass is 10.0. The molecule has 1 aromatic heterocycles. The number of rotatable bonds is 4. The molecular weight excluding hydrogens is 288 g/mol.